The van der Waals surface area contributed by atoms with Gasteiger partial charge in [0.1, 0.15) is 11.5 Å². The Balaban J connectivity index is 2.46. The molecule has 0 saturated heterocycles. The third-order valence-electron chi connectivity index (χ3n) is 2.88. The van der Waals surface area contributed by atoms with E-state index in [1.165, 1.54) is 6.26 Å². The van der Waals surface area contributed by atoms with Gasteiger partial charge >= 0.3 is 0 Å². The molecule has 1 aromatic carbocycles. The van der Waals surface area contributed by atoms with Crippen molar-refractivity contribution in [1.29, 1.82) is 0 Å². The minimum Gasteiger partial charge on any atom is -0.497 e. The summed E-state index contributed by atoms with van der Waals surface area (Å²) in [6.45, 7) is 0. The first-order valence-electron chi connectivity index (χ1n) is 5.62. The molecular formula is C13H15ClN2O3. The largest absolute Gasteiger partial charge is 0.497 e. The molecule has 0 radical (unpaired) electrons. The third kappa shape index (κ3) is 2.68. The number of hydrogen-bond acceptors (Lipinski definition) is 5. The Kier molecular flexibility index (Phi) is 4.31. The highest BCUT2D eigenvalue weighted by atomic mass is 35.5. The van der Waals surface area contributed by atoms with Crippen molar-refractivity contribution >= 4 is 11.6 Å². The lowest BCUT2D eigenvalue weighted by molar-refractivity contribution is 0.387. The Morgan fingerprint density at radius 1 is 1.21 bits per heavy atom. The summed E-state index contributed by atoms with van der Waals surface area (Å²) in [5.74, 6) is 6.98. The van der Waals surface area contributed by atoms with Crippen LogP contribution in [0.5, 0.6) is 11.5 Å². The summed E-state index contributed by atoms with van der Waals surface area (Å²) in [7, 11) is 3.18. The molecule has 0 saturated carbocycles. The maximum atomic E-state index is 5.99. The Morgan fingerprint density at radius 2 is 2.00 bits per heavy atom. The third-order valence-corrected chi connectivity index (χ3v) is 3.18. The van der Waals surface area contributed by atoms with E-state index in [0.717, 1.165) is 11.1 Å². The molecule has 19 heavy (non-hydrogen) atoms. The van der Waals surface area contributed by atoms with E-state index < -0.39 is 0 Å². The van der Waals surface area contributed by atoms with Crippen molar-refractivity contribution in [3.05, 3.63) is 46.9 Å². The van der Waals surface area contributed by atoms with Gasteiger partial charge in [0.15, 0.2) is 5.22 Å². The lowest BCUT2D eigenvalue weighted by atomic mass is 10.0. The van der Waals surface area contributed by atoms with Crippen molar-refractivity contribution in [1.82, 2.24) is 5.43 Å². The predicted molar refractivity (Wildman–Crippen MR) is 72.4 cm³/mol. The van der Waals surface area contributed by atoms with Gasteiger partial charge in [0.2, 0.25) is 0 Å². The van der Waals surface area contributed by atoms with Gasteiger partial charge < -0.3 is 13.9 Å². The lowest BCUT2D eigenvalue weighted by Crippen LogP contribution is -2.29. The Bertz CT molecular complexity index is 557. The molecule has 1 heterocycles. The minimum absolute atomic E-state index is 0.292. The van der Waals surface area contributed by atoms with Crippen LogP contribution in [0.2, 0.25) is 5.22 Å². The molecule has 2 aromatic rings. The highest BCUT2D eigenvalue weighted by Gasteiger charge is 2.21. The van der Waals surface area contributed by atoms with Gasteiger partial charge in [0.05, 0.1) is 26.5 Å². The van der Waals surface area contributed by atoms with E-state index in [-0.39, 0.29) is 6.04 Å². The normalized spacial score (nSPS) is 12.2. The number of hydrogen-bond donors (Lipinski definition) is 2. The zero-order valence-corrected chi connectivity index (χ0v) is 11.4. The SMILES string of the molecule is COc1ccc(C(NN)c2ccoc2Cl)c(OC)c1. The summed E-state index contributed by atoms with van der Waals surface area (Å²) in [5.41, 5.74) is 4.29. The zero-order chi connectivity index (χ0) is 13.8. The second-order valence-corrected chi connectivity index (χ2v) is 4.20. The molecule has 0 aliphatic heterocycles. The number of hydrazine groups is 1. The maximum absolute atomic E-state index is 5.99. The van der Waals surface area contributed by atoms with E-state index in [0.29, 0.717) is 16.7 Å². The molecule has 1 aromatic heterocycles. The van der Waals surface area contributed by atoms with Crippen LogP contribution in [0.4, 0.5) is 0 Å². The molecule has 102 valence electrons. The number of nitrogens with two attached hydrogens (primary N) is 1. The molecule has 3 N–H and O–H groups in total. The van der Waals surface area contributed by atoms with E-state index in [4.69, 9.17) is 31.3 Å². The first kappa shape index (κ1) is 13.7. The van der Waals surface area contributed by atoms with Gasteiger partial charge in [-0.05, 0) is 29.8 Å². The summed E-state index contributed by atoms with van der Waals surface area (Å²) in [6, 6.07) is 6.92. The van der Waals surface area contributed by atoms with E-state index in [1.807, 2.05) is 12.1 Å². The van der Waals surface area contributed by atoms with Crippen LogP contribution in [-0.4, -0.2) is 14.2 Å². The number of rotatable bonds is 5. The molecule has 0 bridgehead atoms. The van der Waals surface area contributed by atoms with Gasteiger partial charge in [-0.2, -0.15) is 0 Å². The van der Waals surface area contributed by atoms with Crippen molar-refractivity contribution in [2.45, 2.75) is 6.04 Å². The number of furan rings is 1. The second kappa shape index (κ2) is 5.97. The second-order valence-electron chi connectivity index (χ2n) is 3.86. The van der Waals surface area contributed by atoms with Gasteiger partial charge in [-0.1, -0.05) is 0 Å². The molecule has 2 rings (SSSR count). The van der Waals surface area contributed by atoms with Crippen LogP contribution < -0.4 is 20.7 Å². The highest BCUT2D eigenvalue weighted by molar-refractivity contribution is 6.29. The summed E-state index contributed by atoms with van der Waals surface area (Å²) in [5, 5.41) is 0.292. The van der Waals surface area contributed by atoms with Crippen LogP contribution in [0.1, 0.15) is 17.2 Å². The van der Waals surface area contributed by atoms with E-state index in [2.05, 4.69) is 5.43 Å². The summed E-state index contributed by atoms with van der Waals surface area (Å²) < 4.78 is 15.6. The minimum atomic E-state index is -0.327. The molecule has 0 amide bonds. The summed E-state index contributed by atoms with van der Waals surface area (Å²) >= 11 is 5.99. The van der Waals surface area contributed by atoms with Crippen molar-refractivity contribution < 1.29 is 13.9 Å². The number of benzene rings is 1. The Labute approximate surface area is 116 Å². The molecular weight excluding hydrogens is 268 g/mol. The molecule has 6 heteroatoms. The van der Waals surface area contributed by atoms with Crippen LogP contribution in [0.3, 0.4) is 0 Å². The Hall–Kier alpha value is -1.69. The van der Waals surface area contributed by atoms with Gasteiger partial charge in [-0.3, -0.25) is 5.84 Å². The van der Waals surface area contributed by atoms with E-state index >= 15 is 0 Å². The van der Waals surface area contributed by atoms with E-state index in [9.17, 15) is 0 Å². The molecule has 0 aliphatic carbocycles. The molecule has 0 fully saturated rings. The lowest BCUT2D eigenvalue weighted by Gasteiger charge is -2.18. The van der Waals surface area contributed by atoms with Gasteiger partial charge in [0, 0.05) is 17.2 Å². The quantitative estimate of drug-likeness (QED) is 0.651. The van der Waals surface area contributed by atoms with Gasteiger partial charge in [-0.15, -0.1) is 0 Å². The molecule has 5 nitrogen and oxygen atoms in total. The van der Waals surface area contributed by atoms with Gasteiger partial charge in [-0.25, -0.2) is 5.43 Å². The monoisotopic (exact) mass is 282 g/mol. The standard InChI is InChI=1S/C13H15ClN2O3/c1-17-8-3-4-9(11(7-8)18-2)12(16-15)10-5-6-19-13(10)14/h3-7,12,16H,15H2,1-2H3. The van der Waals surface area contributed by atoms with Crippen LogP contribution in [-0.2, 0) is 0 Å². The smallest absolute Gasteiger partial charge is 0.198 e. The predicted octanol–water partition coefficient (Wildman–Crippen LogP) is 2.50. The maximum Gasteiger partial charge on any atom is 0.198 e. The average Bonchev–Trinajstić information content (AvgIpc) is 2.86. The molecule has 1 unspecified atom stereocenters. The van der Waals surface area contributed by atoms with Crippen molar-refractivity contribution in [3.63, 3.8) is 0 Å². The fraction of sp³-hybridized carbons (Fsp3) is 0.231. The first-order valence-corrected chi connectivity index (χ1v) is 6.00. The molecule has 1 atom stereocenters. The molecule has 0 spiro atoms. The number of methoxy groups -OCH3 is 2. The van der Waals surface area contributed by atoms with Crippen LogP contribution in [0.25, 0.3) is 0 Å². The van der Waals surface area contributed by atoms with E-state index in [1.54, 1.807) is 26.4 Å². The highest BCUT2D eigenvalue weighted by Crippen LogP contribution is 2.35. The zero-order valence-electron chi connectivity index (χ0n) is 10.6. The number of halogens is 1. The van der Waals surface area contributed by atoms with Crippen molar-refractivity contribution in [3.8, 4) is 11.5 Å². The molecule has 0 aliphatic rings. The van der Waals surface area contributed by atoms with Crippen LogP contribution in [0.15, 0.2) is 34.9 Å². The summed E-state index contributed by atoms with van der Waals surface area (Å²) in [6.07, 6.45) is 1.51. The Morgan fingerprint density at radius 3 is 2.53 bits per heavy atom. The number of ether oxygens (including phenoxy) is 2. The van der Waals surface area contributed by atoms with Crippen LogP contribution >= 0.6 is 11.6 Å². The van der Waals surface area contributed by atoms with Gasteiger partial charge in [0.25, 0.3) is 0 Å². The van der Waals surface area contributed by atoms with Crippen LogP contribution in [0, 0.1) is 0 Å². The summed E-state index contributed by atoms with van der Waals surface area (Å²) in [4.78, 5) is 0. The van der Waals surface area contributed by atoms with Crippen molar-refractivity contribution in [2.75, 3.05) is 14.2 Å². The van der Waals surface area contributed by atoms with Crippen molar-refractivity contribution in [2.24, 2.45) is 5.84 Å². The number of nitrogens with one attached hydrogen (secondary N) is 1. The topological polar surface area (TPSA) is 69.7 Å². The fourth-order valence-corrected chi connectivity index (χ4v) is 2.14. The first-order chi connectivity index (χ1) is 9.21. The fourth-order valence-electron chi connectivity index (χ4n) is 1.91. The average molecular weight is 283 g/mol.